The zero-order valence-electron chi connectivity index (χ0n) is 17.1. The van der Waals surface area contributed by atoms with Gasteiger partial charge < -0.3 is 10.1 Å². The summed E-state index contributed by atoms with van der Waals surface area (Å²) in [5, 5.41) is 13.1. The van der Waals surface area contributed by atoms with Crippen molar-refractivity contribution in [1.82, 2.24) is 26.4 Å². The van der Waals surface area contributed by atoms with Crippen molar-refractivity contribution in [3.63, 3.8) is 0 Å². The van der Waals surface area contributed by atoms with E-state index in [-0.39, 0.29) is 40.5 Å². The van der Waals surface area contributed by atoms with E-state index in [1.807, 2.05) is 0 Å². The van der Waals surface area contributed by atoms with Crippen LogP contribution in [0.4, 0.5) is 0 Å². The molecule has 7 nitrogen and oxygen atoms in total. The predicted molar refractivity (Wildman–Crippen MR) is 113 cm³/mol. The first-order chi connectivity index (χ1) is 13.9. The van der Waals surface area contributed by atoms with Crippen LogP contribution in [0.5, 0.6) is 0 Å². The molecule has 4 saturated carbocycles. The molecule has 6 unspecified atom stereocenters. The first-order valence-corrected chi connectivity index (χ1v) is 12.0. The lowest BCUT2D eigenvalue weighted by molar-refractivity contribution is -0.151. The molecule has 164 valence electrons. The van der Waals surface area contributed by atoms with E-state index < -0.39 is 0 Å². The van der Waals surface area contributed by atoms with Crippen molar-refractivity contribution in [1.29, 1.82) is 0 Å². The Morgan fingerprint density at radius 1 is 1.17 bits per heavy atom. The lowest BCUT2D eigenvalue weighted by Crippen LogP contribution is -2.86. The molecule has 9 heteroatoms. The highest BCUT2D eigenvalue weighted by Gasteiger charge is 2.69. The number of carbonyl (C=O) groups excluding carboxylic acids is 1. The minimum Gasteiger partial charge on any atom is -0.368 e. The Balaban J connectivity index is 1.05. The second-order valence-corrected chi connectivity index (χ2v) is 11.1. The van der Waals surface area contributed by atoms with Crippen LogP contribution in [0.25, 0.3) is 0 Å². The first-order valence-electron chi connectivity index (χ1n) is 11.1. The van der Waals surface area contributed by atoms with Gasteiger partial charge in [-0.05, 0) is 51.9 Å². The Labute approximate surface area is 182 Å². The normalized spacial score (nSPS) is 49.1. The maximum absolute atomic E-state index is 12.4. The van der Waals surface area contributed by atoms with E-state index in [0.717, 1.165) is 58.0 Å². The van der Waals surface area contributed by atoms with Gasteiger partial charge in [0.1, 0.15) is 6.61 Å². The van der Waals surface area contributed by atoms with Gasteiger partial charge in [-0.25, -0.2) is 5.01 Å². The van der Waals surface area contributed by atoms with E-state index >= 15 is 0 Å². The largest absolute Gasteiger partial charge is 0.368 e. The molecule has 2 saturated heterocycles. The van der Waals surface area contributed by atoms with E-state index in [9.17, 15) is 4.79 Å². The smallest absolute Gasteiger partial charge is 0.246 e. The minimum atomic E-state index is -0.0654. The maximum Gasteiger partial charge on any atom is 0.246 e. The Kier molecular flexibility index (Phi) is 5.55. The summed E-state index contributed by atoms with van der Waals surface area (Å²) in [6.45, 7) is 4.42. The molecule has 4 N–H and O–H groups in total. The van der Waals surface area contributed by atoms with Gasteiger partial charge in [-0.1, -0.05) is 0 Å². The van der Waals surface area contributed by atoms with Crippen LogP contribution in [0.1, 0.15) is 51.9 Å². The Morgan fingerprint density at radius 2 is 1.97 bits per heavy atom. The van der Waals surface area contributed by atoms with Gasteiger partial charge in [-0.2, -0.15) is 0 Å². The van der Waals surface area contributed by atoms with Crippen LogP contribution in [0.15, 0.2) is 0 Å². The van der Waals surface area contributed by atoms with Gasteiger partial charge in [-0.15, -0.1) is 23.2 Å². The number of hydrogen-bond donors (Lipinski definition) is 4. The average molecular weight is 446 g/mol. The minimum absolute atomic E-state index is 0.00629. The summed E-state index contributed by atoms with van der Waals surface area (Å²) < 4.78 is 5.81. The van der Waals surface area contributed by atoms with Gasteiger partial charge in [-0.3, -0.25) is 20.9 Å². The van der Waals surface area contributed by atoms with E-state index in [2.05, 4.69) is 33.3 Å². The topological polar surface area (TPSA) is 77.7 Å². The highest BCUT2D eigenvalue weighted by molar-refractivity contribution is 6.30. The molecule has 6 atom stereocenters. The average Bonchev–Trinajstić information content (AvgIpc) is 3.01. The van der Waals surface area contributed by atoms with Crippen LogP contribution in [0.2, 0.25) is 0 Å². The third kappa shape index (κ3) is 4.04. The van der Waals surface area contributed by atoms with Gasteiger partial charge in [0.2, 0.25) is 5.91 Å². The van der Waals surface area contributed by atoms with Crippen LogP contribution in [0.3, 0.4) is 0 Å². The molecule has 0 aromatic carbocycles. The molecule has 2 bridgehead atoms. The van der Waals surface area contributed by atoms with Crippen molar-refractivity contribution in [3.8, 4) is 0 Å². The third-order valence-corrected chi connectivity index (χ3v) is 8.61. The monoisotopic (exact) mass is 445 g/mol. The van der Waals surface area contributed by atoms with Crippen molar-refractivity contribution >= 4 is 29.1 Å². The molecule has 0 aromatic heterocycles. The van der Waals surface area contributed by atoms with Gasteiger partial charge in [0, 0.05) is 30.2 Å². The number of alkyl halides is 2. The highest BCUT2D eigenvalue weighted by atomic mass is 35.5. The van der Waals surface area contributed by atoms with E-state index in [0.29, 0.717) is 18.2 Å². The van der Waals surface area contributed by atoms with Crippen molar-refractivity contribution in [2.24, 2.45) is 0 Å². The van der Waals surface area contributed by atoms with Crippen LogP contribution in [-0.4, -0.2) is 76.8 Å². The van der Waals surface area contributed by atoms with E-state index in [1.165, 1.54) is 0 Å². The molecule has 6 aliphatic rings. The molecular weight excluding hydrogens is 413 g/mol. The number of hydrogen-bond acceptors (Lipinski definition) is 6. The Hall–Kier alpha value is -0.150. The summed E-state index contributed by atoms with van der Waals surface area (Å²) in [6.07, 6.45) is 7.02. The fourth-order valence-corrected chi connectivity index (χ4v) is 6.77. The van der Waals surface area contributed by atoms with Crippen LogP contribution in [-0.2, 0) is 9.53 Å². The SMILES string of the molecule is CC1CC2C(NC34CC(NC(=O)COC5CCC(Cl)C(Cl)C5)(C3)C4)NCCN2N1. The van der Waals surface area contributed by atoms with Crippen molar-refractivity contribution in [3.05, 3.63) is 0 Å². The second kappa shape index (κ2) is 7.76. The second-order valence-electron chi connectivity index (χ2n) is 10.0. The lowest BCUT2D eigenvalue weighted by Gasteiger charge is -2.71. The summed E-state index contributed by atoms with van der Waals surface area (Å²) in [6, 6.07) is 1.04. The maximum atomic E-state index is 12.4. The van der Waals surface area contributed by atoms with Crippen molar-refractivity contribution in [2.45, 2.75) is 98.1 Å². The number of carbonyl (C=O) groups is 1. The van der Waals surface area contributed by atoms with E-state index in [4.69, 9.17) is 27.9 Å². The quantitative estimate of drug-likeness (QED) is 0.457. The first kappa shape index (κ1) is 20.7. The summed E-state index contributed by atoms with van der Waals surface area (Å²) >= 11 is 12.4. The van der Waals surface area contributed by atoms with Gasteiger partial charge >= 0.3 is 0 Å². The highest BCUT2D eigenvalue weighted by Crippen LogP contribution is 2.60. The fraction of sp³-hybridized carbons (Fsp3) is 0.950. The molecule has 0 spiro atoms. The summed E-state index contributed by atoms with van der Waals surface area (Å²) in [5.41, 5.74) is 3.73. The molecule has 1 amide bonds. The zero-order chi connectivity index (χ0) is 20.2. The number of ether oxygens (including phenoxy) is 1. The third-order valence-electron chi connectivity index (χ3n) is 7.47. The molecule has 0 radical (unpaired) electrons. The van der Waals surface area contributed by atoms with Crippen LogP contribution in [0, 0.1) is 0 Å². The summed E-state index contributed by atoms with van der Waals surface area (Å²) in [5.74, 6) is -0.00629. The standard InChI is InChI=1S/C20H33Cl2N5O2/c1-12-6-16-18(23-4-5-27(16)26-12)25-20-9-19(10-20,11-20)24-17(28)8-29-13-2-3-14(21)15(22)7-13/h12-16,18,23,25-26H,2-11H2,1H3,(H,24,28). The molecule has 4 aliphatic carbocycles. The van der Waals surface area contributed by atoms with Crippen LogP contribution < -0.4 is 21.4 Å². The van der Waals surface area contributed by atoms with Gasteiger partial charge in [0.25, 0.3) is 0 Å². The number of nitrogens with zero attached hydrogens (tertiary/aromatic N) is 1. The van der Waals surface area contributed by atoms with Crippen molar-refractivity contribution in [2.75, 3.05) is 19.7 Å². The van der Waals surface area contributed by atoms with Gasteiger partial charge in [0.15, 0.2) is 0 Å². The number of rotatable bonds is 6. The Morgan fingerprint density at radius 3 is 2.72 bits per heavy atom. The summed E-state index contributed by atoms with van der Waals surface area (Å²) in [4.78, 5) is 12.4. The number of hydrazine groups is 1. The number of amides is 1. The van der Waals surface area contributed by atoms with Crippen LogP contribution >= 0.6 is 23.2 Å². The number of nitrogens with one attached hydrogen (secondary N) is 4. The number of piperazine rings is 1. The Bertz CT molecular complexity index is 633. The predicted octanol–water partition coefficient (Wildman–Crippen LogP) is 1.05. The number of halogens is 2. The fourth-order valence-electron chi connectivity index (χ4n) is 6.21. The zero-order valence-corrected chi connectivity index (χ0v) is 18.6. The lowest BCUT2D eigenvalue weighted by atomic mass is 9.44. The molecule has 29 heavy (non-hydrogen) atoms. The molecule has 6 fully saturated rings. The molecule has 0 aromatic rings. The molecule has 2 aliphatic heterocycles. The van der Waals surface area contributed by atoms with Gasteiger partial charge in [0.05, 0.1) is 29.1 Å². The molecular formula is C20H33Cl2N5O2. The van der Waals surface area contributed by atoms with Crippen molar-refractivity contribution < 1.29 is 9.53 Å². The molecule has 2 heterocycles. The molecule has 6 rings (SSSR count). The van der Waals surface area contributed by atoms with E-state index in [1.54, 1.807) is 0 Å². The summed E-state index contributed by atoms with van der Waals surface area (Å²) in [7, 11) is 0. The number of fused-ring (bicyclic) bond motifs is 1.